The van der Waals surface area contributed by atoms with Crippen LogP contribution in [0, 0.1) is 0 Å². The predicted octanol–water partition coefficient (Wildman–Crippen LogP) is 3.47. The van der Waals surface area contributed by atoms with Gasteiger partial charge in [0.25, 0.3) is 0 Å². The molecule has 2 aliphatic heterocycles. The summed E-state index contributed by atoms with van der Waals surface area (Å²) in [5.41, 5.74) is -4.49. The summed E-state index contributed by atoms with van der Waals surface area (Å²) in [6.45, 7) is 5.59. The molecule has 0 amide bonds. The summed E-state index contributed by atoms with van der Waals surface area (Å²) < 4.78 is 83.1. The van der Waals surface area contributed by atoms with Gasteiger partial charge in [-0.2, -0.15) is 31.8 Å². The minimum atomic E-state index is -5.95. The first-order valence-corrected chi connectivity index (χ1v) is 13.4. The molecule has 5 rings (SSSR count). The summed E-state index contributed by atoms with van der Waals surface area (Å²) in [5.74, 6) is -0.246. The molecular formula is C22H27F3N6O5S. The van der Waals surface area contributed by atoms with Gasteiger partial charge >= 0.3 is 15.6 Å². The number of halogens is 3. The fourth-order valence-corrected chi connectivity index (χ4v) is 5.09. The Hall–Kier alpha value is -2.91. The maximum absolute atomic E-state index is 13.3. The van der Waals surface area contributed by atoms with E-state index in [4.69, 9.17) is 18.6 Å². The molecule has 37 heavy (non-hydrogen) atoms. The van der Waals surface area contributed by atoms with Crippen molar-refractivity contribution < 1.29 is 35.2 Å². The molecule has 15 heteroatoms. The van der Waals surface area contributed by atoms with E-state index in [2.05, 4.69) is 10.2 Å². The molecule has 3 aromatic heterocycles. The number of aromatic nitrogens is 5. The first-order valence-electron chi connectivity index (χ1n) is 12.0. The number of aryl methyl sites for hydroxylation is 1. The van der Waals surface area contributed by atoms with Crippen LogP contribution in [0.5, 0.6) is 5.75 Å². The zero-order valence-electron chi connectivity index (χ0n) is 20.3. The monoisotopic (exact) mass is 544 g/mol. The Bertz CT molecular complexity index is 1380. The second-order valence-electron chi connectivity index (χ2n) is 8.92. The SMILES string of the molecule is CCn1nc(-c2ccnn2C2CCCCO2)c2nc(N3CCOC[C@H]3C)cc(OS(=O)(=O)C(F)(F)F)c21. The van der Waals surface area contributed by atoms with Gasteiger partial charge in [-0.1, -0.05) is 0 Å². The average Bonchev–Trinajstić information content (AvgIpc) is 3.48. The van der Waals surface area contributed by atoms with Gasteiger partial charge in [-0.15, -0.1) is 0 Å². The summed E-state index contributed by atoms with van der Waals surface area (Å²) in [6.07, 6.45) is 3.90. The van der Waals surface area contributed by atoms with Gasteiger partial charge < -0.3 is 18.6 Å². The lowest BCUT2D eigenvalue weighted by Gasteiger charge is -2.34. The van der Waals surface area contributed by atoms with Gasteiger partial charge in [0.2, 0.25) is 0 Å². The number of rotatable bonds is 6. The lowest BCUT2D eigenvalue weighted by Crippen LogP contribution is -2.44. The van der Waals surface area contributed by atoms with E-state index in [1.54, 1.807) is 23.9 Å². The summed E-state index contributed by atoms with van der Waals surface area (Å²) >= 11 is 0. The smallest absolute Gasteiger partial charge is 0.377 e. The lowest BCUT2D eigenvalue weighted by molar-refractivity contribution is -0.0499. The van der Waals surface area contributed by atoms with Gasteiger partial charge in [0.05, 0.1) is 24.9 Å². The number of hydrogen-bond donors (Lipinski definition) is 0. The highest BCUT2D eigenvalue weighted by Gasteiger charge is 2.49. The third-order valence-electron chi connectivity index (χ3n) is 6.43. The van der Waals surface area contributed by atoms with Crippen molar-refractivity contribution in [3.8, 4) is 17.1 Å². The van der Waals surface area contributed by atoms with E-state index in [1.807, 2.05) is 11.8 Å². The molecule has 5 heterocycles. The maximum Gasteiger partial charge on any atom is 0.534 e. The Morgan fingerprint density at radius 1 is 1.24 bits per heavy atom. The number of ether oxygens (including phenoxy) is 2. The normalized spacial score (nSPS) is 21.5. The van der Waals surface area contributed by atoms with Crippen LogP contribution in [0.15, 0.2) is 18.3 Å². The fraction of sp³-hybridized carbons (Fsp3) is 0.591. The zero-order valence-corrected chi connectivity index (χ0v) is 21.1. The molecule has 3 aromatic rings. The molecule has 0 aromatic carbocycles. The second kappa shape index (κ2) is 9.76. The van der Waals surface area contributed by atoms with E-state index >= 15 is 0 Å². The minimum absolute atomic E-state index is 0.0345. The van der Waals surface area contributed by atoms with E-state index in [1.165, 1.54) is 10.7 Å². The van der Waals surface area contributed by atoms with E-state index < -0.39 is 21.4 Å². The topological polar surface area (TPSA) is 114 Å². The number of pyridine rings is 1. The Balaban J connectivity index is 1.72. The number of hydrogen-bond acceptors (Lipinski definition) is 9. The van der Waals surface area contributed by atoms with Crippen molar-refractivity contribution in [3.05, 3.63) is 18.3 Å². The molecule has 1 unspecified atom stereocenters. The van der Waals surface area contributed by atoms with Crippen LogP contribution in [0.3, 0.4) is 0 Å². The summed E-state index contributed by atoms with van der Waals surface area (Å²) in [7, 11) is -5.95. The molecule has 0 radical (unpaired) electrons. The predicted molar refractivity (Wildman–Crippen MR) is 126 cm³/mol. The molecule has 202 valence electrons. The number of alkyl halides is 3. The van der Waals surface area contributed by atoms with Crippen LogP contribution in [0.2, 0.25) is 0 Å². The molecule has 2 aliphatic rings. The molecule has 0 aliphatic carbocycles. The van der Waals surface area contributed by atoms with E-state index in [9.17, 15) is 21.6 Å². The van der Waals surface area contributed by atoms with Crippen molar-refractivity contribution in [2.75, 3.05) is 31.3 Å². The Morgan fingerprint density at radius 2 is 2.05 bits per heavy atom. The van der Waals surface area contributed by atoms with Crippen molar-refractivity contribution in [2.45, 2.75) is 57.4 Å². The molecule has 2 fully saturated rings. The molecule has 0 N–H and O–H groups in total. The van der Waals surface area contributed by atoms with Crippen LogP contribution in [0.1, 0.15) is 39.3 Å². The van der Waals surface area contributed by atoms with Crippen molar-refractivity contribution in [1.29, 1.82) is 0 Å². The van der Waals surface area contributed by atoms with Crippen LogP contribution in [0.25, 0.3) is 22.4 Å². The minimum Gasteiger partial charge on any atom is -0.377 e. The number of nitrogens with zero attached hydrogens (tertiary/aromatic N) is 6. The van der Waals surface area contributed by atoms with E-state index in [0.29, 0.717) is 37.8 Å². The lowest BCUT2D eigenvalue weighted by atomic mass is 10.1. The van der Waals surface area contributed by atoms with Gasteiger partial charge in [0, 0.05) is 32.0 Å². The Kier molecular flexibility index (Phi) is 6.79. The van der Waals surface area contributed by atoms with Gasteiger partial charge in [-0.25, -0.2) is 9.67 Å². The first kappa shape index (κ1) is 25.7. The van der Waals surface area contributed by atoms with Gasteiger partial charge in [0.1, 0.15) is 22.5 Å². The molecule has 0 spiro atoms. The van der Waals surface area contributed by atoms with Gasteiger partial charge in [-0.05, 0) is 39.2 Å². The summed E-state index contributed by atoms with van der Waals surface area (Å²) in [4.78, 5) is 6.60. The maximum atomic E-state index is 13.3. The molecule has 11 nitrogen and oxygen atoms in total. The van der Waals surface area contributed by atoms with E-state index in [0.717, 1.165) is 19.3 Å². The van der Waals surface area contributed by atoms with Crippen LogP contribution in [-0.2, 0) is 26.1 Å². The fourth-order valence-electron chi connectivity index (χ4n) is 4.63. The molecule has 2 saturated heterocycles. The Morgan fingerprint density at radius 3 is 2.73 bits per heavy atom. The molecule has 2 atom stereocenters. The second-order valence-corrected chi connectivity index (χ2v) is 10.5. The largest absolute Gasteiger partial charge is 0.534 e. The highest BCUT2D eigenvalue weighted by atomic mass is 32.2. The standard InChI is InChI=1S/C22H27F3N6O5S/c1-3-30-21-16(36-37(32,33)22(23,24)25)12-17(29-9-11-34-13-14(29)2)27-20(21)19(28-30)15-7-8-26-31(15)18-6-4-5-10-35-18/h7-8,12,14,18H,3-6,9-11,13H2,1-2H3/t14-,18?/m1/s1. The summed E-state index contributed by atoms with van der Waals surface area (Å²) in [6, 6.07) is 2.78. The first-order chi connectivity index (χ1) is 17.6. The van der Waals surface area contributed by atoms with Crippen LogP contribution in [0.4, 0.5) is 19.0 Å². The third-order valence-corrected chi connectivity index (χ3v) is 7.40. The average molecular weight is 545 g/mol. The molecular weight excluding hydrogens is 517 g/mol. The van der Waals surface area contributed by atoms with Crippen molar-refractivity contribution >= 4 is 27.0 Å². The van der Waals surface area contributed by atoms with Crippen LogP contribution < -0.4 is 9.08 Å². The van der Waals surface area contributed by atoms with Crippen molar-refractivity contribution in [2.24, 2.45) is 0 Å². The van der Waals surface area contributed by atoms with Crippen molar-refractivity contribution in [3.63, 3.8) is 0 Å². The van der Waals surface area contributed by atoms with Gasteiger partial charge in [-0.3, -0.25) is 4.68 Å². The van der Waals surface area contributed by atoms with Crippen LogP contribution >= 0.6 is 0 Å². The third kappa shape index (κ3) is 4.75. The summed E-state index contributed by atoms with van der Waals surface area (Å²) in [5, 5.41) is 9.01. The van der Waals surface area contributed by atoms with Crippen molar-refractivity contribution in [1.82, 2.24) is 24.5 Å². The highest BCUT2D eigenvalue weighted by Crippen LogP contribution is 2.39. The number of fused-ring (bicyclic) bond motifs is 1. The van der Waals surface area contributed by atoms with E-state index in [-0.39, 0.29) is 35.7 Å². The Labute approximate surface area is 211 Å². The van der Waals surface area contributed by atoms with Crippen LogP contribution in [-0.4, -0.2) is 70.9 Å². The number of anilines is 1. The quantitative estimate of drug-likeness (QED) is 0.340. The zero-order chi connectivity index (χ0) is 26.4. The van der Waals surface area contributed by atoms with Gasteiger partial charge in [0.15, 0.2) is 12.0 Å². The molecule has 0 saturated carbocycles. The highest BCUT2D eigenvalue weighted by molar-refractivity contribution is 7.88. The number of morpholine rings is 1. The molecule has 0 bridgehead atoms.